The van der Waals surface area contributed by atoms with E-state index in [0.717, 1.165) is 17.2 Å². The van der Waals surface area contributed by atoms with Crippen molar-refractivity contribution in [1.82, 2.24) is 15.3 Å². The molecule has 0 aliphatic heterocycles. The lowest BCUT2D eigenvalue weighted by atomic mass is 9.94. The summed E-state index contributed by atoms with van der Waals surface area (Å²) >= 11 is 0. The Balaban J connectivity index is 1.85. The minimum Gasteiger partial charge on any atom is -0.491 e. The largest absolute Gasteiger partial charge is 0.491 e. The van der Waals surface area contributed by atoms with Crippen LogP contribution in [0.1, 0.15) is 32.1 Å². The van der Waals surface area contributed by atoms with Crippen molar-refractivity contribution in [3.05, 3.63) is 30.3 Å². The Morgan fingerprint density at radius 2 is 1.83 bits per heavy atom. The first-order valence-electron chi connectivity index (χ1n) is 10.8. The molecule has 1 saturated carbocycles. The second-order valence-corrected chi connectivity index (χ2v) is 8.26. The molecule has 164 valence electrons. The topological polar surface area (TPSA) is 73.8 Å². The van der Waals surface area contributed by atoms with E-state index < -0.39 is 6.10 Å². The van der Waals surface area contributed by atoms with Gasteiger partial charge in [0, 0.05) is 45.4 Å². The van der Waals surface area contributed by atoms with Crippen LogP contribution in [-0.4, -0.2) is 68.6 Å². The SMILES string of the molecule is CNCC(O)COc1cccc(-c2nc(N(C)C)cc(N(C)C3CCCCC3)n2)c1. The molecule has 3 rings (SSSR count). The quantitative estimate of drug-likeness (QED) is 0.655. The minimum atomic E-state index is -0.553. The summed E-state index contributed by atoms with van der Waals surface area (Å²) < 4.78 is 5.77. The standard InChI is InChI=1S/C23H35N5O2/c1-24-15-19(29)16-30-20-12-8-9-17(13-20)23-25-21(27(2)3)14-22(26-23)28(4)18-10-6-5-7-11-18/h8-9,12-14,18-19,24,29H,5-7,10-11,15-16H2,1-4H3. The molecule has 0 amide bonds. The summed E-state index contributed by atoms with van der Waals surface area (Å²) in [5, 5.41) is 12.8. The van der Waals surface area contributed by atoms with Gasteiger partial charge < -0.3 is 25.0 Å². The van der Waals surface area contributed by atoms with E-state index in [0.29, 0.717) is 24.2 Å². The summed E-state index contributed by atoms with van der Waals surface area (Å²) in [6, 6.07) is 10.3. The molecule has 1 aromatic carbocycles. The number of rotatable bonds is 9. The van der Waals surface area contributed by atoms with Crippen LogP contribution in [0.15, 0.2) is 30.3 Å². The highest BCUT2D eigenvalue weighted by atomic mass is 16.5. The van der Waals surface area contributed by atoms with E-state index in [1.807, 2.05) is 43.3 Å². The minimum absolute atomic E-state index is 0.235. The van der Waals surface area contributed by atoms with E-state index in [1.165, 1.54) is 32.1 Å². The molecule has 1 unspecified atom stereocenters. The lowest BCUT2D eigenvalue weighted by Crippen LogP contribution is -2.34. The monoisotopic (exact) mass is 413 g/mol. The maximum atomic E-state index is 9.89. The number of aromatic nitrogens is 2. The van der Waals surface area contributed by atoms with Crippen LogP contribution in [0, 0.1) is 0 Å². The van der Waals surface area contributed by atoms with Gasteiger partial charge in [0.15, 0.2) is 5.82 Å². The van der Waals surface area contributed by atoms with E-state index in [2.05, 4.69) is 23.3 Å². The van der Waals surface area contributed by atoms with Gasteiger partial charge in [0.1, 0.15) is 30.1 Å². The number of nitrogens with zero attached hydrogens (tertiary/aromatic N) is 4. The molecule has 7 nitrogen and oxygen atoms in total. The number of likely N-dealkylation sites (N-methyl/N-ethyl adjacent to an activating group) is 1. The van der Waals surface area contributed by atoms with Gasteiger partial charge in [-0.1, -0.05) is 31.4 Å². The Bertz CT molecular complexity index is 808. The number of hydrogen-bond donors (Lipinski definition) is 2. The molecule has 1 aliphatic rings. The number of aliphatic hydroxyl groups is 1. The van der Waals surface area contributed by atoms with Gasteiger partial charge in [0.05, 0.1) is 0 Å². The molecule has 30 heavy (non-hydrogen) atoms. The second kappa shape index (κ2) is 10.6. The molecule has 1 fully saturated rings. The van der Waals surface area contributed by atoms with Gasteiger partial charge in [0.2, 0.25) is 0 Å². The maximum Gasteiger partial charge on any atom is 0.163 e. The zero-order valence-corrected chi connectivity index (χ0v) is 18.6. The highest BCUT2D eigenvalue weighted by molar-refractivity contribution is 5.63. The fourth-order valence-corrected chi connectivity index (χ4v) is 3.83. The summed E-state index contributed by atoms with van der Waals surface area (Å²) in [5.74, 6) is 3.21. The van der Waals surface area contributed by atoms with Crippen molar-refractivity contribution in [1.29, 1.82) is 0 Å². The van der Waals surface area contributed by atoms with Crippen LogP contribution in [0.25, 0.3) is 11.4 Å². The average Bonchev–Trinajstić information content (AvgIpc) is 2.78. The van der Waals surface area contributed by atoms with Gasteiger partial charge in [-0.3, -0.25) is 0 Å². The van der Waals surface area contributed by atoms with Crippen LogP contribution in [0.2, 0.25) is 0 Å². The van der Waals surface area contributed by atoms with Gasteiger partial charge in [-0.15, -0.1) is 0 Å². The third-order valence-electron chi connectivity index (χ3n) is 5.62. The highest BCUT2D eigenvalue weighted by Gasteiger charge is 2.21. The summed E-state index contributed by atoms with van der Waals surface area (Å²) in [6.45, 7) is 0.725. The van der Waals surface area contributed by atoms with E-state index in [-0.39, 0.29) is 6.61 Å². The molecule has 1 atom stereocenters. The molecule has 0 spiro atoms. The molecule has 2 aromatic rings. The van der Waals surface area contributed by atoms with Crippen molar-refractivity contribution < 1.29 is 9.84 Å². The summed E-state index contributed by atoms with van der Waals surface area (Å²) in [4.78, 5) is 14.0. The van der Waals surface area contributed by atoms with Crippen molar-refractivity contribution in [2.75, 3.05) is 51.1 Å². The van der Waals surface area contributed by atoms with E-state index >= 15 is 0 Å². The van der Waals surface area contributed by atoms with Crippen molar-refractivity contribution in [2.24, 2.45) is 0 Å². The molecule has 0 bridgehead atoms. The van der Waals surface area contributed by atoms with E-state index in [4.69, 9.17) is 14.7 Å². The molecule has 1 heterocycles. The van der Waals surface area contributed by atoms with E-state index in [9.17, 15) is 5.11 Å². The number of benzene rings is 1. The van der Waals surface area contributed by atoms with Crippen molar-refractivity contribution in [3.63, 3.8) is 0 Å². The van der Waals surface area contributed by atoms with E-state index in [1.54, 1.807) is 7.05 Å². The van der Waals surface area contributed by atoms with Gasteiger partial charge >= 0.3 is 0 Å². The normalized spacial score (nSPS) is 15.6. The molecule has 0 radical (unpaired) electrons. The Hall–Kier alpha value is -2.38. The predicted molar refractivity (Wildman–Crippen MR) is 122 cm³/mol. The Morgan fingerprint density at radius 1 is 1.10 bits per heavy atom. The number of anilines is 2. The van der Waals surface area contributed by atoms with Crippen LogP contribution in [-0.2, 0) is 0 Å². The second-order valence-electron chi connectivity index (χ2n) is 8.26. The Kier molecular flexibility index (Phi) is 7.87. The van der Waals surface area contributed by atoms with Crippen LogP contribution in [0.5, 0.6) is 5.75 Å². The first kappa shape index (κ1) is 22.3. The molecule has 1 aliphatic carbocycles. The van der Waals surface area contributed by atoms with Crippen molar-refractivity contribution in [2.45, 2.75) is 44.2 Å². The van der Waals surface area contributed by atoms with Crippen molar-refractivity contribution in [3.8, 4) is 17.1 Å². The lowest BCUT2D eigenvalue weighted by Gasteiger charge is -2.32. The van der Waals surface area contributed by atoms with Crippen LogP contribution in [0.3, 0.4) is 0 Å². The number of nitrogens with one attached hydrogen (secondary N) is 1. The smallest absolute Gasteiger partial charge is 0.163 e. The van der Waals surface area contributed by atoms with Crippen LogP contribution in [0.4, 0.5) is 11.6 Å². The molecule has 1 aromatic heterocycles. The van der Waals surface area contributed by atoms with Gasteiger partial charge in [0.25, 0.3) is 0 Å². The van der Waals surface area contributed by atoms with Crippen LogP contribution < -0.4 is 19.9 Å². The van der Waals surface area contributed by atoms with Crippen LogP contribution >= 0.6 is 0 Å². The molecule has 2 N–H and O–H groups in total. The molecular formula is C23H35N5O2. The number of ether oxygens (including phenoxy) is 1. The fraction of sp³-hybridized carbons (Fsp3) is 0.565. The first-order valence-corrected chi connectivity index (χ1v) is 10.8. The van der Waals surface area contributed by atoms with Crippen molar-refractivity contribution >= 4 is 11.6 Å². The first-order chi connectivity index (χ1) is 14.5. The third kappa shape index (κ3) is 5.83. The summed E-state index contributed by atoms with van der Waals surface area (Å²) in [6.07, 6.45) is 5.77. The molecule has 7 heteroatoms. The average molecular weight is 414 g/mol. The Labute approximate surface area is 180 Å². The third-order valence-corrected chi connectivity index (χ3v) is 5.62. The maximum absolute atomic E-state index is 9.89. The Morgan fingerprint density at radius 3 is 2.53 bits per heavy atom. The summed E-state index contributed by atoms with van der Waals surface area (Å²) in [5.41, 5.74) is 0.901. The van der Waals surface area contributed by atoms with Gasteiger partial charge in [-0.2, -0.15) is 0 Å². The number of aliphatic hydroxyl groups excluding tert-OH is 1. The lowest BCUT2D eigenvalue weighted by molar-refractivity contribution is 0.108. The van der Waals surface area contributed by atoms with Gasteiger partial charge in [-0.05, 0) is 32.0 Å². The zero-order chi connectivity index (χ0) is 21.5. The zero-order valence-electron chi connectivity index (χ0n) is 18.6. The molecule has 0 saturated heterocycles. The highest BCUT2D eigenvalue weighted by Crippen LogP contribution is 2.29. The van der Waals surface area contributed by atoms with Gasteiger partial charge in [-0.25, -0.2) is 9.97 Å². The number of hydrogen-bond acceptors (Lipinski definition) is 7. The molecular weight excluding hydrogens is 378 g/mol. The predicted octanol–water partition coefficient (Wildman–Crippen LogP) is 2.94. The fourth-order valence-electron chi connectivity index (χ4n) is 3.83. The summed E-state index contributed by atoms with van der Waals surface area (Å²) in [7, 11) is 7.95.